The molecule has 0 amide bonds. The summed E-state index contributed by atoms with van der Waals surface area (Å²) in [5, 5.41) is 6.84. The van der Waals surface area contributed by atoms with Crippen molar-refractivity contribution < 1.29 is 14.2 Å². The Morgan fingerprint density at radius 3 is 2.60 bits per heavy atom. The van der Waals surface area contributed by atoms with Crippen LogP contribution in [0.1, 0.15) is 26.7 Å². The SMILES string of the molecule is COCCOCCCNC(=NCC1CCN(C)C1)Nc1ccc(OC(C)C)cc1.I. The zero-order valence-electron chi connectivity index (χ0n) is 18.9. The summed E-state index contributed by atoms with van der Waals surface area (Å²) in [6.45, 7) is 9.94. The van der Waals surface area contributed by atoms with Crippen molar-refractivity contribution in [3.63, 3.8) is 0 Å². The van der Waals surface area contributed by atoms with Crippen LogP contribution >= 0.6 is 24.0 Å². The molecule has 1 aliphatic rings. The summed E-state index contributed by atoms with van der Waals surface area (Å²) in [5.41, 5.74) is 0.993. The standard InChI is InChI=1S/C22H38N4O3.HI/c1-18(2)29-21-8-6-20(7-9-21)25-22(23-11-5-13-28-15-14-27-4)24-16-19-10-12-26(3)17-19;/h6-9,18-19H,5,10-17H2,1-4H3,(H2,23,24,25);1H. The lowest BCUT2D eigenvalue weighted by Gasteiger charge is -2.15. The summed E-state index contributed by atoms with van der Waals surface area (Å²) in [7, 11) is 3.86. The van der Waals surface area contributed by atoms with Crippen molar-refractivity contribution in [2.45, 2.75) is 32.8 Å². The van der Waals surface area contributed by atoms with E-state index in [1.165, 1.54) is 6.42 Å². The molecule has 172 valence electrons. The van der Waals surface area contributed by atoms with Crippen molar-refractivity contribution in [2.24, 2.45) is 10.9 Å². The van der Waals surface area contributed by atoms with Gasteiger partial charge < -0.3 is 29.7 Å². The van der Waals surface area contributed by atoms with Gasteiger partial charge >= 0.3 is 0 Å². The predicted molar refractivity (Wildman–Crippen MR) is 134 cm³/mol. The molecule has 0 radical (unpaired) electrons. The first-order valence-electron chi connectivity index (χ1n) is 10.6. The topological polar surface area (TPSA) is 67.4 Å². The lowest BCUT2D eigenvalue weighted by molar-refractivity contribution is 0.0699. The molecule has 8 heteroatoms. The molecule has 1 saturated heterocycles. The highest BCUT2D eigenvalue weighted by atomic mass is 127. The molecule has 1 atom stereocenters. The maximum absolute atomic E-state index is 5.72. The molecule has 1 unspecified atom stereocenters. The lowest BCUT2D eigenvalue weighted by atomic mass is 10.1. The Morgan fingerprint density at radius 1 is 1.20 bits per heavy atom. The number of nitrogens with one attached hydrogen (secondary N) is 2. The van der Waals surface area contributed by atoms with Gasteiger partial charge in [0.25, 0.3) is 0 Å². The van der Waals surface area contributed by atoms with E-state index in [1.54, 1.807) is 7.11 Å². The summed E-state index contributed by atoms with van der Waals surface area (Å²) in [6.07, 6.45) is 2.29. The van der Waals surface area contributed by atoms with Gasteiger partial charge in [0.2, 0.25) is 0 Å². The third-order valence-corrected chi connectivity index (χ3v) is 4.68. The van der Waals surface area contributed by atoms with Crippen LogP contribution in [0, 0.1) is 5.92 Å². The number of guanidine groups is 1. The van der Waals surface area contributed by atoms with Crippen LogP contribution in [0.4, 0.5) is 5.69 Å². The number of likely N-dealkylation sites (tertiary alicyclic amines) is 1. The summed E-state index contributed by atoms with van der Waals surface area (Å²) in [5.74, 6) is 2.31. The summed E-state index contributed by atoms with van der Waals surface area (Å²) >= 11 is 0. The van der Waals surface area contributed by atoms with E-state index < -0.39 is 0 Å². The number of anilines is 1. The Balaban J connectivity index is 0.00000450. The zero-order valence-corrected chi connectivity index (χ0v) is 21.2. The molecule has 1 heterocycles. The Kier molecular flexibility index (Phi) is 14.1. The zero-order chi connectivity index (χ0) is 20.9. The smallest absolute Gasteiger partial charge is 0.195 e. The molecule has 2 rings (SSSR count). The van der Waals surface area contributed by atoms with Gasteiger partial charge in [0.05, 0.1) is 19.3 Å². The lowest BCUT2D eigenvalue weighted by Crippen LogP contribution is -2.33. The molecule has 1 aromatic rings. The van der Waals surface area contributed by atoms with Crippen molar-refractivity contribution in [3.05, 3.63) is 24.3 Å². The largest absolute Gasteiger partial charge is 0.491 e. The van der Waals surface area contributed by atoms with Gasteiger partial charge in [-0.25, -0.2) is 0 Å². The van der Waals surface area contributed by atoms with E-state index in [0.717, 1.165) is 50.0 Å². The summed E-state index contributed by atoms with van der Waals surface area (Å²) < 4.78 is 16.2. The molecule has 0 aliphatic carbocycles. The molecule has 0 aromatic heterocycles. The van der Waals surface area contributed by atoms with E-state index >= 15 is 0 Å². The van der Waals surface area contributed by atoms with E-state index in [0.29, 0.717) is 25.7 Å². The van der Waals surface area contributed by atoms with Crippen LogP contribution in [-0.2, 0) is 9.47 Å². The molecule has 1 fully saturated rings. The number of rotatable bonds is 12. The number of ether oxygens (including phenoxy) is 3. The third kappa shape index (κ3) is 11.3. The molecule has 7 nitrogen and oxygen atoms in total. The Morgan fingerprint density at radius 2 is 1.97 bits per heavy atom. The molecule has 30 heavy (non-hydrogen) atoms. The quantitative estimate of drug-likeness (QED) is 0.185. The molecule has 0 bridgehead atoms. The molecule has 1 aromatic carbocycles. The van der Waals surface area contributed by atoms with Gasteiger partial charge in [-0.3, -0.25) is 4.99 Å². The van der Waals surface area contributed by atoms with Crippen LogP contribution < -0.4 is 15.4 Å². The average Bonchev–Trinajstić information content (AvgIpc) is 3.11. The fourth-order valence-corrected chi connectivity index (χ4v) is 3.19. The predicted octanol–water partition coefficient (Wildman–Crippen LogP) is 3.45. The minimum Gasteiger partial charge on any atom is -0.491 e. The fraction of sp³-hybridized carbons (Fsp3) is 0.682. The number of methoxy groups -OCH3 is 1. The van der Waals surface area contributed by atoms with Gasteiger partial charge in [-0.05, 0) is 70.5 Å². The first kappa shape index (κ1) is 26.9. The molecule has 2 N–H and O–H groups in total. The van der Waals surface area contributed by atoms with Crippen LogP contribution in [0.15, 0.2) is 29.3 Å². The summed E-state index contributed by atoms with van der Waals surface area (Å²) in [4.78, 5) is 7.20. The van der Waals surface area contributed by atoms with Gasteiger partial charge in [0.1, 0.15) is 5.75 Å². The van der Waals surface area contributed by atoms with E-state index in [1.807, 2.05) is 38.1 Å². The number of hydrogen-bond acceptors (Lipinski definition) is 5. The van der Waals surface area contributed by atoms with Crippen molar-refractivity contribution in [3.8, 4) is 5.75 Å². The van der Waals surface area contributed by atoms with Gasteiger partial charge in [0.15, 0.2) is 5.96 Å². The number of halogens is 1. The molecular formula is C22H39IN4O3. The molecule has 0 saturated carbocycles. The van der Waals surface area contributed by atoms with Gasteiger partial charge in [-0.2, -0.15) is 0 Å². The second kappa shape index (κ2) is 15.7. The van der Waals surface area contributed by atoms with E-state index in [-0.39, 0.29) is 30.1 Å². The maximum atomic E-state index is 5.72. The third-order valence-electron chi connectivity index (χ3n) is 4.68. The van der Waals surface area contributed by atoms with Crippen molar-refractivity contribution in [1.29, 1.82) is 0 Å². The molecule has 1 aliphatic heterocycles. The van der Waals surface area contributed by atoms with Crippen LogP contribution in [-0.4, -0.2) is 77.1 Å². The number of hydrogen-bond donors (Lipinski definition) is 2. The van der Waals surface area contributed by atoms with Gasteiger partial charge in [-0.1, -0.05) is 0 Å². The van der Waals surface area contributed by atoms with Crippen LogP contribution in [0.2, 0.25) is 0 Å². The van der Waals surface area contributed by atoms with Crippen LogP contribution in [0.3, 0.4) is 0 Å². The maximum Gasteiger partial charge on any atom is 0.195 e. The summed E-state index contributed by atoms with van der Waals surface area (Å²) in [6, 6.07) is 8.00. The number of aliphatic imine (C=N–C) groups is 1. The number of benzene rings is 1. The number of nitrogens with zero attached hydrogens (tertiary/aromatic N) is 2. The Bertz CT molecular complexity index is 599. The van der Waals surface area contributed by atoms with E-state index in [2.05, 4.69) is 22.6 Å². The first-order chi connectivity index (χ1) is 14.1. The van der Waals surface area contributed by atoms with Crippen molar-refractivity contribution in [2.75, 3.05) is 65.5 Å². The van der Waals surface area contributed by atoms with E-state index in [9.17, 15) is 0 Å². The highest BCUT2D eigenvalue weighted by Gasteiger charge is 2.19. The fourth-order valence-electron chi connectivity index (χ4n) is 3.19. The minimum atomic E-state index is 0. The molecular weight excluding hydrogens is 495 g/mol. The van der Waals surface area contributed by atoms with Crippen LogP contribution in [0.5, 0.6) is 5.75 Å². The monoisotopic (exact) mass is 534 g/mol. The van der Waals surface area contributed by atoms with Crippen LogP contribution in [0.25, 0.3) is 0 Å². The first-order valence-corrected chi connectivity index (χ1v) is 10.6. The van der Waals surface area contributed by atoms with E-state index in [4.69, 9.17) is 19.2 Å². The second-order valence-corrected chi connectivity index (χ2v) is 7.81. The second-order valence-electron chi connectivity index (χ2n) is 7.81. The van der Waals surface area contributed by atoms with Gasteiger partial charge in [0, 0.05) is 39.0 Å². The van der Waals surface area contributed by atoms with Crippen molar-refractivity contribution in [1.82, 2.24) is 10.2 Å². The normalized spacial score (nSPS) is 17.1. The van der Waals surface area contributed by atoms with Gasteiger partial charge in [-0.15, -0.1) is 24.0 Å². The van der Waals surface area contributed by atoms with Crippen molar-refractivity contribution >= 4 is 35.6 Å². The highest BCUT2D eigenvalue weighted by molar-refractivity contribution is 14.0. The minimum absolute atomic E-state index is 0. The average molecular weight is 534 g/mol. The highest BCUT2D eigenvalue weighted by Crippen LogP contribution is 2.17. The Labute approximate surface area is 199 Å². The Hall–Kier alpha value is -1.10. The molecule has 0 spiro atoms.